The van der Waals surface area contributed by atoms with Crippen LogP contribution in [0.15, 0.2) is 18.2 Å². The zero-order valence-electron chi connectivity index (χ0n) is 31.7. The molecular formula is C37H46Cl2F6N8O3. The number of likely N-dealkylation sites (N-methyl/N-ethyl adjacent to an activating group) is 1. The Morgan fingerprint density at radius 1 is 0.875 bits per heavy atom. The molecule has 2 aliphatic rings. The van der Waals surface area contributed by atoms with Gasteiger partial charge in [0, 0.05) is 45.7 Å². The molecule has 1 saturated heterocycles. The number of anilines is 3. The van der Waals surface area contributed by atoms with Crippen molar-refractivity contribution in [3.8, 4) is 0 Å². The standard InChI is InChI=1S/C37H46Cl2F6N8O3/c1-35(2,3)33(56)47-18-21-8-11-25(38)29(28(21)39)49-34-48-26-16-24(32(55)46-17-20-6-9-22(10-7-20)36(40,41)42)30(50-31(26)53(34)19-27(54)51(4)5)52-14-12-23(13-15-52)37(43,44)45/h8,11,16,20,22-23H,6-7,9-10,12-15,17-19H2,1-5H3,(H,46,55)(H,47,56)(H,48,49). The number of aromatic nitrogens is 3. The number of pyridine rings is 1. The number of halogens is 8. The highest BCUT2D eigenvalue weighted by atomic mass is 35.5. The molecule has 1 aliphatic carbocycles. The van der Waals surface area contributed by atoms with Gasteiger partial charge < -0.3 is 25.8 Å². The molecular weight excluding hydrogens is 789 g/mol. The molecule has 5 rings (SSSR count). The fourth-order valence-corrected chi connectivity index (χ4v) is 7.35. The average molecular weight is 836 g/mol. The monoisotopic (exact) mass is 834 g/mol. The van der Waals surface area contributed by atoms with Crippen molar-refractivity contribution in [2.75, 3.05) is 43.9 Å². The summed E-state index contributed by atoms with van der Waals surface area (Å²) in [6.45, 7) is 5.05. The second-order valence-corrected chi connectivity index (χ2v) is 16.5. The molecule has 1 saturated carbocycles. The zero-order chi connectivity index (χ0) is 41.3. The summed E-state index contributed by atoms with van der Waals surface area (Å²) in [6.07, 6.45) is -8.68. The average Bonchev–Trinajstić information content (AvgIpc) is 3.45. The van der Waals surface area contributed by atoms with Gasteiger partial charge in [-0.05, 0) is 62.1 Å². The molecule has 0 bridgehead atoms. The van der Waals surface area contributed by atoms with Crippen molar-refractivity contribution >= 4 is 69.5 Å². The summed E-state index contributed by atoms with van der Waals surface area (Å²) in [7, 11) is 3.11. The maximum atomic E-state index is 13.9. The highest BCUT2D eigenvalue weighted by Gasteiger charge is 2.43. The van der Waals surface area contributed by atoms with E-state index in [4.69, 9.17) is 28.2 Å². The second kappa shape index (κ2) is 16.9. The molecule has 308 valence electrons. The predicted molar refractivity (Wildman–Crippen MR) is 202 cm³/mol. The van der Waals surface area contributed by atoms with E-state index >= 15 is 0 Å². The normalized spacial score (nSPS) is 18.6. The summed E-state index contributed by atoms with van der Waals surface area (Å²) >= 11 is 13.4. The van der Waals surface area contributed by atoms with E-state index in [2.05, 4.69) is 20.9 Å². The number of hydrogen-bond acceptors (Lipinski definition) is 7. The molecule has 3 amide bonds. The van der Waals surface area contributed by atoms with Gasteiger partial charge in [0.25, 0.3) is 5.91 Å². The number of benzene rings is 1. The lowest BCUT2D eigenvalue weighted by atomic mass is 9.81. The minimum atomic E-state index is -4.39. The topological polar surface area (TPSA) is 124 Å². The Morgan fingerprint density at radius 2 is 1.48 bits per heavy atom. The van der Waals surface area contributed by atoms with Gasteiger partial charge in [0.1, 0.15) is 17.9 Å². The molecule has 3 heterocycles. The van der Waals surface area contributed by atoms with Crippen molar-refractivity contribution in [1.82, 2.24) is 30.1 Å². The molecule has 1 aliphatic heterocycles. The smallest absolute Gasteiger partial charge is 0.356 e. The number of amides is 3. The quantitative estimate of drug-likeness (QED) is 0.176. The molecule has 2 fully saturated rings. The third-order valence-corrected chi connectivity index (χ3v) is 11.1. The van der Waals surface area contributed by atoms with Gasteiger partial charge in [0.05, 0.1) is 33.1 Å². The summed E-state index contributed by atoms with van der Waals surface area (Å²) in [6, 6.07) is 4.66. The number of carbonyl (C=O) groups is 3. The van der Waals surface area contributed by atoms with Gasteiger partial charge in [-0.15, -0.1) is 0 Å². The van der Waals surface area contributed by atoms with E-state index < -0.39 is 35.5 Å². The molecule has 19 heteroatoms. The van der Waals surface area contributed by atoms with Crippen LogP contribution < -0.4 is 20.9 Å². The van der Waals surface area contributed by atoms with Gasteiger partial charge in [-0.1, -0.05) is 50.0 Å². The summed E-state index contributed by atoms with van der Waals surface area (Å²) in [5.74, 6) is -4.16. The second-order valence-electron chi connectivity index (χ2n) is 15.7. The van der Waals surface area contributed by atoms with Crippen LogP contribution in [0.3, 0.4) is 0 Å². The Labute approximate surface area is 330 Å². The van der Waals surface area contributed by atoms with Crippen LogP contribution in [-0.2, 0) is 22.7 Å². The Morgan fingerprint density at radius 3 is 2.05 bits per heavy atom. The molecule has 0 radical (unpaired) electrons. The highest BCUT2D eigenvalue weighted by molar-refractivity contribution is 6.39. The van der Waals surface area contributed by atoms with E-state index in [0.29, 0.717) is 5.56 Å². The van der Waals surface area contributed by atoms with E-state index in [1.54, 1.807) is 51.9 Å². The molecule has 11 nitrogen and oxygen atoms in total. The van der Waals surface area contributed by atoms with Crippen LogP contribution >= 0.6 is 23.2 Å². The molecule has 0 unspecified atom stereocenters. The number of imidazole rings is 1. The number of carbonyl (C=O) groups excluding carboxylic acids is 3. The number of rotatable bonds is 10. The van der Waals surface area contributed by atoms with Gasteiger partial charge >= 0.3 is 12.4 Å². The van der Waals surface area contributed by atoms with Crippen molar-refractivity contribution < 1.29 is 40.7 Å². The number of fused-ring (bicyclic) bond motifs is 1. The minimum absolute atomic E-state index is 0.00900. The molecule has 3 aromatic rings. The lowest BCUT2D eigenvalue weighted by molar-refractivity contribution is -0.183. The highest BCUT2D eigenvalue weighted by Crippen LogP contribution is 2.41. The Kier molecular flexibility index (Phi) is 13.0. The summed E-state index contributed by atoms with van der Waals surface area (Å²) in [5.41, 5.74) is 0.377. The van der Waals surface area contributed by atoms with Crippen molar-refractivity contribution in [1.29, 1.82) is 0 Å². The third kappa shape index (κ3) is 10.1. The molecule has 1 aromatic carbocycles. The van der Waals surface area contributed by atoms with Crippen LogP contribution in [0.25, 0.3) is 11.2 Å². The van der Waals surface area contributed by atoms with Crippen LogP contribution in [0.2, 0.25) is 10.0 Å². The van der Waals surface area contributed by atoms with E-state index in [0.717, 1.165) is 0 Å². The summed E-state index contributed by atoms with van der Waals surface area (Å²) in [5, 5.41) is 9.10. The first-order valence-corrected chi connectivity index (χ1v) is 19.1. The van der Waals surface area contributed by atoms with Gasteiger partial charge in [-0.2, -0.15) is 26.3 Å². The van der Waals surface area contributed by atoms with E-state index in [1.807, 2.05) is 0 Å². The van der Waals surface area contributed by atoms with Crippen LogP contribution in [0, 0.1) is 23.2 Å². The lowest BCUT2D eigenvalue weighted by Gasteiger charge is -2.34. The van der Waals surface area contributed by atoms with Crippen LogP contribution in [0.1, 0.15) is 75.2 Å². The Hall–Kier alpha value is -3.99. The molecule has 3 N–H and O–H groups in total. The maximum absolute atomic E-state index is 13.9. The van der Waals surface area contributed by atoms with Gasteiger partial charge in [0.2, 0.25) is 17.8 Å². The van der Waals surface area contributed by atoms with Crippen molar-refractivity contribution in [2.24, 2.45) is 23.2 Å². The maximum Gasteiger partial charge on any atom is 0.391 e. The SMILES string of the molecule is CN(C)C(=O)Cn1c(Nc2c(Cl)ccc(CNC(=O)C(C)(C)C)c2Cl)nc2cc(C(=O)NCC3CCC(C(F)(F)F)CC3)c(N3CCC(C(F)(F)F)CC3)nc21. The van der Waals surface area contributed by atoms with E-state index in [9.17, 15) is 40.7 Å². The van der Waals surface area contributed by atoms with Gasteiger partial charge in [-0.25, -0.2) is 9.97 Å². The number of nitrogens with zero attached hydrogens (tertiary/aromatic N) is 5. The lowest BCUT2D eigenvalue weighted by Crippen LogP contribution is -2.41. The van der Waals surface area contributed by atoms with E-state index in [1.165, 1.54) is 15.5 Å². The fraction of sp³-hybridized carbons (Fsp3) is 0.595. The predicted octanol–water partition coefficient (Wildman–Crippen LogP) is 8.11. The summed E-state index contributed by atoms with van der Waals surface area (Å²) < 4.78 is 82.1. The van der Waals surface area contributed by atoms with Crippen LogP contribution in [0.4, 0.5) is 43.8 Å². The minimum Gasteiger partial charge on any atom is -0.356 e. The zero-order valence-corrected chi connectivity index (χ0v) is 33.2. The van der Waals surface area contributed by atoms with Crippen LogP contribution in [-0.4, -0.2) is 83.2 Å². The third-order valence-electron chi connectivity index (χ3n) is 10.4. The Bertz CT molecular complexity index is 1930. The number of hydrogen-bond donors (Lipinski definition) is 3. The largest absolute Gasteiger partial charge is 0.391 e. The molecule has 56 heavy (non-hydrogen) atoms. The molecule has 2 aromatic heterocycles. The molecule has 0 atom stereocenters. The number of piperidine rings is 1. The van der Waals surface area contributed by atoms with Gasteiger partial charge in [0.15, 0.2) is 5.65 Å². The van der Waals surface area contributed by atoms with Crippen molar-refractivity contribution in [3.05, 3.63) is 39.4 Å². The van der Waals surface area contributed by atoms with Crippen molar-refractivity contribution in [2.45, 2.75) is 84.7 Å². The summed E-state index contributed by atoms with van der Waals surface area (Å²) in [4.78, 5) is 52.0. The van der Waals surface area contributed by atoms with Crippen molar-refractivity contribution in [3.63, 3.8) is 0 Å². The van der Waals surface area contributed by atoms with Crippen LogP contribution in [0.5, 0.6) is 0 Å². The first-order valence-electron chi connectivity index (χ1n) is 18.3. The van der Waals surface area contributed by atoms with Gasteiger partial charge in [-0.3, -0.25) is 19.0 Å². The number of alkyl halides is 6. The fourth-order valence-electron chi connectivity index (χ4n) is 6.81. The molecule has 0 spiro atoms. The Balaban J connectivity index is 1.53. The number of nitrogens with one attached hydrogen (secondary N) is 3. The van der Waals surface area contributed by atoms with E-state index in [-0.39, 0.29) is 133 Å². The first-order chi connectivity index (χ1) is 26.0. The first kappa shape index (κ1) is 43.1.